The fourth-order valence-electron chi connectivity index (χ4n) is 15.0. The van der Waals surface area contributed by atoms with E-state index in [1.54, 1.807) is 0 Å². The van der Waals surface area contributed by atoms with Crippen molar-refractivity contribution in [2.75, 3.05) is 13.2 Å². The van der Waals surface area contributed by atoms with Gasteiger partial charge in [0.05, 0.1) is 48.8 Å². The summed E-state index contributed by atoms with van der Waals surface area (Å²) in [6.07, 6.45) is -6.76. The van der Waals surface area contributed by atoms with E-state index in [9.17, 15) is 46.0 Å². The van der Waals surface area contributed by atoms with E-state index in [0.29, 0.717) is 25.7 Å². The molecular weight excluding hydrogens is 716 g/mol. The summed E-state index contributed by atoms with van der Waals surface area (Å²) in [5, 5.41) is 96.5. The van der Waals surface area contributed by atoms with Gasteiger partial charge in [-0.05, 0) is 117 Å². The molecule has 21 atom stereocenters. The molecule has 0 bridgehead atoms. The van der Waals surface area contributed by atoms with Crippen molar-refractivity contribution in [2.24, 2.45) is 44.8 Å². The molecule has 8 rings (SSSR count). The Hall–Kier alpha value is -0.560. The van der Waals surface area contributed by atoms with Crippen LogP contribution in [0, 0.1) is 44.8 Å². The molecule has 3 saturated heterocycles. The first-order valence-corrected chi connectivity index (χ1v) is 20.9. The number of hydrogen-bond acceptors (Lipinski definition) is 14. The summed E-state index contributed by atoms with van der Waals surface area (Å²) >= 11 is 0. The number of aliphatic hydroxyl groups excluding tert-OH is 9. The summed E-state index contributed by atoms with van der Waals surface area (Å²) in [7, 11) is 0. The molecule has 0 amide bonds. The van der Waals surface area contributed by atoms with E-state index in [-0.39, 0.29) is 52.1 Å². The molecule has 5 aliphatic carbocycles. The lowest BCUT2D eigenvalue weighted by Crippen LogP contribution is -2.63. The van der Waals surface area contributed by atoms with Crippen LogP contribution in [-0.2, 0) is 23.7 Å². The zero-order chi connectivity index (χ0) is 40.1. The van der Waals surface area contributed by atoms with Gasteiger partial charge in [-0.25, -0.2) is 0 Å². The average Bonchev–Trinajstić information content (AvgIpc) is 3.47. The summed E-state index contributed by atoms with van der Waals surface area (Å²) in [4.78, 5) is 0. The number of rotatable bonds is 7. The maximum Gasteiger partial charge on any atom is 0.187 e. The number of fused-ring (bicyclic) bond motifs is 2. The Labute approximate surface area is 324 Å². The van der Waals surface area contributed by atoms with Gasteiger partial charge in [-0.1, -0.05) is 27.7 Å². The summed E-state index contributed by atoms with van der Waals surface area (Å²) < 4.78 is 31.0. The first kappa shape index (κ1) is 41.2. The average molecular weight is 785 g/mol. The minimum atomic E-state index is -1.55. The van der Waals surface area contributed by atoms with Crippen LogP contribution in [0.1, 0.15) is 106 Å². The predicted octanol–water partition coefficient (Wildman–Crippen LogP) is 0.724. The molecule has 3 aliphatic heterocycles. The highest BCUT2D eigenvalue weighted by Gasteiger charge is 2.85. The molecule has 14 heteroatoms. The van der Waals surface area contributed by atoms with Gasteiger partial charge in [-0.3, -0.25) is 0 Å². The van der Waals surface area contributed by atoms with E-state index in [1.165, 1.54) is 0 Å². The lowest BCUT2D eigenvalue weighted by atomic mass is 9.41. The van der Waals surface area contributed by atoms with Crippen LogP contribution >= 0.6 is 0 Å². The van der Waals surface area contributed by atoms with Gasteiger partial charge in [0.2, 0.25) is 0 Å². The van der Waals surface area contributed by atoms with Crippen molar-refractivity contribution in [3.05, 3.63) is 0 Å². The van der Waals surface area contributed by atoms with Gasteiger partial charge in [0, 0.05) is 5.92 Å². The SMILES string of the molecule is CC(C)(O[C@@H]1O[C@H](CO)[C@@H](O)[C@H](O)[C@H]1O)[C@H]1CC[C@@](C)([C@H]2[C@@H](O)C[C@@]3(C)[C@@H]4C[C@H](O)[C@H]5C(C)(C)[C@@H](O[C@@H]6OC[C@@H](O)[C@H](O)[C@H]6O)CC[C@@]56C[C@@]46CC[C@]23C)O1. The number of aliphatic hydroxyl groups is 9. The molecule has 2 spiro atoms. The molecule has 0 unspecified atom stereocenters. The lowest BCUT2D eigenvalue weighted by molar-refractivity contribution is -0.334. The third-order valence-corrected chi connectivity index (χ3v) is 17.7. The Morgan fingerprint density at radius 2 is 1.38 bits per heavy atom. The van der Waals surface area contributed by atoms with Crippen molar-refractivity contribution in [3.8, 4) is 0 Å². The van der Waals surface area contributed by atoms with Gasteiger partial charge in [-0.15, -0.1) is 0 Å². The molecule has 8 fully saturated rings. The molecular formula is C41H68O14. The summed E-state index contributed by atoms with van der Waals surface area (Å²) in [5.41, 5.74) is -2.74. The van der Waals surface area contributed by atoms with Crippen LogP contribution in [0.15, 0.2) is 0 Å². The van der Waals surface area contributed by atoms with Crippen molar-refractivity contribution >= 4 is 0 Å². The number of hydrogen-bond donors (Lipinski definition) is 9. The second-order valence-corrected chi connectivity index (χ2v) is 21.0. The van der Waals surface area contributed by atoms with Crippen molar-refractivity contribution in [1.82, 2.24) is 0 Å². The monoisotopic (exact) mass is 784 g/mol. The van der Waals surface area contributed by atoms with Crippen LogP contribution < -0.4 is 0 Å². The minimum Gasteiger partial charge on any atom is -0.394 e. The second-order valence-electron chi connectivity index (χ2n) is 21.0. The molecule has 8 aliphatic rings. The van der Waals surface area contributed by atoms with Crippen molar-refractivity contribution in [3.63, 3.8) is 0 Å². The number of ether oxygens (including phenoxy) is 5. The fraction of sp³-hybridized carbons (Fsp3) is 1.00. The normalized spacial score (nSPS) is 58.7. The Kier molecular flexibility index (Phi) is 9.90. The molecule has 0 aromatic carbocycles. The van der Waals surface area contributed by atoms with Gasteiger partial charge in [-0.2, -0.15) is 0 Å². The third-order valence-electron chi connectivity index (χ3n) is 17.7. The maximum absolute atomic E-state index is 12.3. The highest BCUT2D eigenvalue weighted by molar-refractivity contribution is 5.33. The predicted molar refractivity (Wildman–Crippen MR) is 194 cm³/mol. The van der Waals surface area contributed by atoms with Crippen molar-refractivity contribution < 1.29 is 69.6 Å². The fourth-order valence-corrected chi connectivity index (χ4v) is 15.0. The summed E-state index contributed by atoms with van der Waals surface area (Å²) in [6.45, 7) is 14.1. The molecule has 9 N–H and O–H groups in total. The Bertz CT molecular complexity index is 1460. The largest absolute Gasteiger partial charge is 0.394 e. The van der Waals surface area contributed by atoms with Gasteiger partial charge in [0.1, 0.15) is 42.7 Å². The van der Waals surface area contributed by atoms with Gasteiger partial charge in [0.15, 0.2) is 12.6 Å². The van der Waals surface area contributed by atoms with Crippen molar-refractivity contribution in [2.45, 2.75) is 197 Å². The van der Waals surface area contributed by atoms with Crippen LogP contribution in [-0.4, -0.2) is 150 Å². The van der Waals surface area contributed by atoms with Gasteiger partial charge in [0.25, 0.3) is 0 Å². The third kappa shape index (κ3) is 5.63. The summed E-state index contributed by atoms with van der Waals surface area (Å²) in [6, 6.07) is 0. The Morgan fingerprint density at radius 1 is 0.691 bits per heavy atom. The molecule has 55 heavy (non-hydrogen) atoms. The quantitative estimate of drug-likeness (QED) is 0.162. The Balaban J connectivity index is 0.998. The highest BCUT2D eigenvalue weighted by Crippen LogP contribution is 2.89. The first-order valence-electron chi connectivity index (χ1n) is 20.9. The van der Waals surface area contributed by atoms with Crippen LogP contribution in [0.2, 0.25) is 0 Å². The topological polar surface area (TPSA) is 228 Å². The molecule has 14 nitrogen and oxygen atoms in total. The molecule has 0 aromatic rings. The van der Waals surface area contributed by atoms with Crippen molar-refractivity contribution in [1.29, 1.82) is 0 Å². The van der Waals surface area contributed by atoms with E-state index in [2.05, 4.69) is 34.6 Å². The van der Waals surface area contributed by atoms with E-state index >= 15 is 0 Å². The van der Waals surface area contributed by atoms with Crippen LogP contribution in [0.3, 0.4) is 0 Å². The molecule has 3 heterocycles. The first-order chi connectivity index (χ1) is 25.5. The zero-order valence-electron chi connectivity index (χ0n) is 33.6. The molecule has 5 saturated carbocycles. The lowest BCUT2D eigenvalue weighted by Gasteiger charge is -2.64. The van der Waals surface area contributed by atoms with E-state index in [0.717, 1.165) is 32.1 Å². The minimum absolute atomic E-state index is 0.0321. The standard InChI is InChI=1S/C41H68O14/c1-35(2)24(53-33-29(49)26(46)21(45)17-51-33)9-11-41-18-40(41)13-12-37(5)32(20(44)15-38(37,6)23(40)14-19(43)31(35)41)39(7)10-8-25(54-39)36(3,4)55-34-30(50)28(48)27(47)22(16-42)52-34/h19-34,42-50H,8-18H2,1-7H3/t19-,20-,21+,22+,23-,24-,25+,26-,27+,28-,29+,30+,31-,32-,33-,34-,37+,38-,39-,40-,41+/m0/s1. The van der Waals surface area contributed by atoms with Gasteiger partial charge < -0.3 is 69.6 Å². The van der Waals surface area contributed by atoms with Crippen LogP contribution in [0.25, 0.3) is 0 Å². The van der Waals surface area contributed by atoms with Crippen LogP contribution in [0.5, 0.6) is 0 Å². The smallest absolute Gasteiger partial charge is 0.187 e. The zero-order valence-corrected chi connectivity index (χ0v) is 33.6. The molecule has 0 radical (unpaired) electrons. The van der Waals surface area contributed by atoms with E-state index in [4.69, 9.17) is 23.7 Å². The second kappa shape index (κ2) is 13.2. The van der Waals surface area contributed by atoms with Crippen LogP contribution in [0.4, 0.5) is 0 Å². The Morgan fingerprint density at radius 3 is 2.07 bits per heavy atom. The van der Waals surface area contributed by atoms with E-state index < -0.39 is 96.8 Å². The van der Waals surface area contributed by atoms with E-state index in [1.807, 2.05) is 13.8 Å². The van der Waals surface area contributed by atoms with Gasteiger partial charge >= 0.3 is 0 Å². The molecule has 316 valence electrons. The highest BCUT2D eigenvalue weighted by atomic mass is 16.7. The maximum atomic E-state index is 12.3. The molecule has 0 aromatic heterocycles. The summed E-state index contributed by atoms with van der Waals surface area (Å²) in [5.74, 6) is -0.0233.